The Morgan fingerprint density at radius 1 is 1.44 bits per heavy atom. The van der Waals surface area contributed by atoms with E-state index in [-0.39, 0.29) is 0 Å². The van der Waals surface area contributed by atoms with Crippen molar-refractivity contribution >= 4 is 17.6 Å². The first-order valence-electron chi connectivity index (χ1n) is 4.96. The molecule has 0 spiro atoms. The average Bonchev–Trinajstić information content (AvgIpc) is 2.28. The highest BCUT2D eigenvalue weighted by atomic mass is 35.5. The molecule has 0 atom stereocenters. The Balaban J connectivity index is 2.49. The molecule has 16 heavy (non-hydrogen) atoms. The lowest BCUT2D eigenvalue weighted by Gasteiger charge is -2.06. The Labute approximate surface area is 99.6 Å². The van der Waals surface area contributed by atoms with Crippen molar-refractivity contribution in [3.63, 3.8) is 0 Å². The van der Waals surface area contributed by atoms with E-state index in [1.165, 1.54) is 0 Å². The van der Waals surface area contributed by atoms with E-state index < -0.39 is 5.97 Å². The molecule has 4 heteroatoms. The quantitative estimate of drug-likeness (QED) is 0.449. The van der Waals surface area contributed by atoms with E-state index in [1.807, 2.05) is 6.92 Å². The first-order chi connectivity index (χ1) is 7.65. The highest BCUT2D eigenvalue weighted by Gasteiger charge is 2.10. The number of benzene rings is 1. The molecular weight excluding hydrogens is 228 g/mol. The van der Waals surface area contributed by atoms with Crippen molar-refractivity contribution in [2.24, 2.45) is 0 Å². The number of para-hydroxylation sites is 1. The van der Waals surface area contributed by atoms with E-state index in [9.17, 15) is 4.79 Å². The van der Waals surface area contributed by atoms with E-state index in [1.54, 1.807) is 24.3 Å². The van der Waals surface area contributed by atoms with Crippen molar-refractivity contribution in [2.45, 2.75) is 19.8 Å². The lowest BCUT2D eigenvalue weighted by atomic mass is 10.2. The molecule has 0 fully saturated rings. The summed E-state index contributed by atoms with van der Waals surface area (Å²) in [7, 11) is 0. The van der Waals surface area contributed by atoms with E-state index in [2.05, 4.69) is 11.5 Å². The van der Waals surface area contributed by atoms with Crippen LogP contribution in [0.25, 0.3) is 0 Å². The van der Waals surface area contributed by atoms with Crippen LogP contribution in [0, 0.1) is 0 Å². The van der Waals surface area contributed by atoms with Gasteiger partial charge in [-0.2, -0.15) is 0 Å². The molecule has 0 radical (unpaired) electrons. The van der Waals surface area contributed by atoms with Crippen LogP contribution in [-0.4, -0.2) is 5.97 Å². The molecule has 86 valence electrons. The molecule has 0 aromatic heterocycles. The van der Waals surface area contributed by atoms with Gasteiger partial charge in [0, 0.05) is 5.57 Å². The van der Waals surface area contributed by atoms with Gasteiger partial charge in [-0.3, -0.25) is 4.89 Å². The van der Waals surface area contributed by atoms with Gasteiger partial charge < -0.3 is 0 Å². The Morgan fingerprint density at radius 2 is 2.12 bits per heavy atom. The molecule has 0 bridgehead atoms. The SMILES string of the molecule is C=C(CCC)C(=O)OOc1ccccc1Cl. The molecule has 0 aliphatic rings. The predicted molar refractivity (Wildman–Crippen MR) is 62.2 cm³/mol. The Bertz CT molecular complexity index is 388. The summed E-state index contributed by atoms with van der Waals surface area (Å²) in [6.07, 6.45) is 1.42. The van der Waals surface area contributed by atoms with Gasteiger partial charge in [0.1, 0.15) is 0 Å². The van der Waals surface area contributed by atoms with Crippen molar-refractivity contribution in [2.75, 3.05) is 0 Å². The number of halogens is 1. The smallest absolute Gasteiger partial charge is 0.285 e. The third-order valence-electron chi connectivity index (χ3n) is 1.88. The van der Waals surface area contributed by atoms with Crippen molar-refractivity contribution in [1.82, 2.24) is 0 Å². The highest BCUT2D eigenvalue weighted by Crippen LogP contribution is 2.23. The Kier molecular flexibility index (Phi) is 4.86. The van der Waals surface area contributed by atoms with Crippen LogP contribution in [0.3, 0.4) is 0 Å². The zero-order valence-corrected chi connectivity index (χ0v) is 9.79. The Hall–Kier alpha value is -1.48. The highest BCUT2D eigenvalue weighted by molar-refractivity contribution is 6.32. The zero-order chi connectivity index (χ0) is 12.0. The molecular formula is C12H13ClO3. The second-order valence-electron chi connectivity index (χ2n) is 3.24. The maximum atomic E-state index is 11.3. The second kappa shape index (κ2) is 6.18. The summed E-state index contributed by atoms with van der Waals surface area (Å²) in [4.78, 5) is 20.8. The summed E-state index contributed by atoms with van der Waals surface area (Å²) >= 11 is 5.81. The maximum absolute atomic E-state index is 11.3. The molecule has 0 N–H and O–H groups in total. The maximum Gasteiger partial charge on any atom is 0.381 e. The van der Waals surface area contributed by atoms with Gasteiger partial charge in [-0.25, -0.2) is 9.68 Å². The number of carbonyl (C=O) groups excluding carboxylic acids is 1. The first kappa shape index (κ1) is 12.6. The first-order valence-corrected chi connectivity index (χ1v) is 5.34. The van der Waals surface area contributed by atoms with Gasteiger partial charge in [-0.15, -0.1) is 0 Å². The van der Waals surface area contributed by atoms with Gasteiger partial charge in [0.25, 0.3) is 0 Å². The standard InChI is InChI=1S/C12H13ClO3/c1-3-6-9(2)12(14)16-15-11-8-5-4-7-10(11)13/h4-5,7-8H,2-3,6H2,1H3. The summed E-state index contributed by atoms with van der Waals surface area (Å²) in [5, 5.41) is 0.386. The number of hydrogen-bond acceptors (Lipinski definition) is 3. The molecule has 0 aliphatic heterocycles. The van der Waals surface area contributed by atoms with Crippen LogP contribution in [0.15, 0.2) is 36.4 Å². The van der Waals surface area contributed by atoms with E-state index in [0.717, 1.165) is 6.42 Å². The van der Waals surface area contributed by atoms with Crippen LogP contribution >= 0.6 is 11.6 Å². The summed E-state index contributed by atoms with van der Waals surface area (Å²) < 4.78 is 0. The van der Waals surface area contributed by atoms with Crippen LogP contribution in [0.1, 0.15) is 19.8 Å². The molecule has 1 rings (SSSR count). The van der Waals surface area contributed by atoms with Crippen molar-refractivity contribution < 1.29 is 14.6 Å². The molecule has 0 saturated heterocycles. The van der Waals surface area contributed by atoms with Crippen molar-refractivity contribution in [3.8, 4) is 5.75 Å². The normalized spacial score (nSPS) is 9.62. The Morgan fingerprint density at radius 3 is 2.75 bits per heavy atom. The van der Waals surface area contributed by atoms with Gasteiger partial charge in [-0.1, -0.05) is 43.7 Å². The van der Waals surface area contributed by atoms with Gasteiger partial charge >= 0.3 is 5.97 Å². The largest absolute Gasteiger partial charge is 0.381 e. The molecule has 0 aliphatic carbocycles. The zero-order valence-electron chi connectivity index (χ0n) is 9.03. The van der Waals surface area contributed by atoms with Gasteiger partial charge in [-0.05, 0) is 18.6 Å². The van der Waals surface area contributed by atoms with Crippen LogP contribution < -0.4 is 4.89 Å². The molecule has 1 aromatic rings. The van der Waals surface area contributed by atoms with E-state index in [0.29, 0.717) is 22.8 Å². The van der Waals surface area contributed by atoms with E-state index >= 15 is 0 Å². The molecule has 0 unspecified atom stereocenters. The van der Waals surface area contributed by atoms with Crippen LogP contribution in [0.2, 0.25) is 5.02 Å². The average molecular weight is 241 g/mol. The predicted octanol–water partition coefficient (Wildman–Crippen LogP) is 3.53. The minimum atomic E-state index is -0.568. The summed E-state index contributed by atoms with van der Waals surface area (Å²) in [6, 6.07) is 6.74. The van der Waals surface area contributed by atoms with Crippen LogP contribution in [0.5, 0.6) is 5.75 Å². The summed E-state index contributed by atoms with van der Waals surface area (Å²) in [5.74, 6) is -0.261. The monoisotopic (exact) mass is 240 g/mol. The topological polar surface area (TPSA) is 35.5 Å². The fourth-order valence-electron chi connectivity index (χ4n) is 1.06. The van der Waals surface area contributed by atoms with Crippen molar-refractivity contribution in [1.29, 1.82) is 0 Å². The third-order valence-corrected chi connectivity index (χ3v) is 2.20. The third kappa shape index (κ3) is 3.59. The lowest BCUT2D eigenvalue weighted by Crippen LogP contribution is -2.10. The van der Waals surface area contributed by atoms with E-state index in [4.69, 9.17) is 16.5 Å². The number of rotatable bonds is 5. The number of hydrogen-bond donors (Lipinski definition) is 0. The summed E-state index contributed by atoms with van der Waals surface area (Å²) in [5.41, 5.74) is 0.384. The fourth-order valence-corrected chi connectivity index (χ4v) is 1.23. The number of carbonyl (C=O) groups is 1. The lowest BCUT2D eigenvalue weighted by molar-refractivity contribution is -0.208. The summed E-state index contributed by atoms with van der Waals surface area (Å²) in [6.45, 7) is 5.54. The van der Waals surface area contributed by atoms with Gasteiger partial charge in [0.15, 0.2) is 5.75 Å². The molecule has 1 aromatic carbocycles. The minimum Gasteiger partial charge on any atom is -0.285 e. The molecule has 0 saturated carbocycles. The van der Waals surface area contributed by atoms with Crippen LogP contribution in [-0.2, 0) is 9.68 Å². The molecule has 3 nitrogen and oxygen atoms in total. The van der Waals surface area contributed by atoms with Gasteiger partial charge in [0.05, 0.1) is 5.02 Å². The minimum absolute atomic E-state index is 0.307. The molecule has 0 heterocycles. The fraction of sp³-hybridized carbons (Fsp3) is 0.250. The van der Waals surface area contributed by atoms with Crippen LogP contribution in [0.4, 0.5) is 0 Å². The van der Waals surface area contributed by atoms with Gasteiger partial charge in [0.2, 0.25) is 0 Å². The van der Waals surface area contributed by atoms with Crippen molar-refractivity contribution in [3.05, 3.63) is 41.4 Å². The second-order valence-corrected chi connectivity index (χ2v) is 3.65. The molecule has 0 amide bonds.